The maximum atomic E-state index is 12.1. The Hall–Kier alpha value is -5.24. The second kappa shape index (κ2) is 13.4. The van der Waals surface area contributed by atoms with Crippen LogP contribution in [0.25, 0.3) is 0 Å². The summed E-state index contributed by atoms with van der Waals surface area (Å²) in [5.41, 5.74) is 5.62. The molecule has 0 saturated carbocycles. The van der Waals surface area contributed by atoms with Crippen LogP contribution in [0.3, 0.4) is 0 Å². The highest BCUT2D eigenvalue weighted by Gasteiger charge is 2.23. The number of rotatable bonds is 8. The fourth-order valence-corrected chi connectivity index (χ4v) is 6.07. The van der Waals surface area contributed by atoms with Crippen molar-refractivity contribution in [2.24, 2.45) is 0 Å². The highest BCUT2D eigenvalue weighted by molar-refractivity contribution is 5.80. The number of ether oxygens (including phenoxy) is 2. The summed E-state index contributed by atoms with van der Waals surface area (Å²) in [6, 6.07) is 13.2. The molecule has 0 unspecified atom stereocenters. The first-order valence-corrected chi connectivity index (χ1v) is 15.2. The molecule has 0 spiro atoms. The van der Waals surface area contributed by atoms with Crippen LogP contribution < -0.4 is 9.47 Å². The fourth-order valence-electron chi connectivity index (χ4n) is 6.07. The highest BCUT2D eigenvalue weighted by Crippen LogP contribution is 2.40. The quantitative estimate of drug-likeness (QED) is 0.186. The van der Waals surface area contributed by atoms with Gasteiger partial charge in [0.15, 0.2) is 0 Å². The van der Waals surface area contributed by atoms with Gasteiger partial charge in [-0.05, 0) is 121 Å². The molecule has 4 aromatic carbocycles. The van der Waals surface area contributed by atoms with Crippen LogP contribution in [-0.2, 0) is 25.7 Å². The molecule has 0 radical (unpaired) electrons. The third-order valence-electron chi connectivity index (χ3n) is 7.89. The molecule has 0 aromatic heterocycles. The maximum Gasteiger partial charge on any atom is 0.150 e. The van der Waals surface area contributed by atoms with E-state index in [1.54, 1.807) is 48.5 Å². The number of phenols is 2. The first kappa shape index (κ1) is 32.2. The zero-order valence-electron chi connectivity index (χ0n) is 26.3. The van der Waals surface area contributed by atoms with Gasteiger partial charge in [0.05, 0.1) is 12.2 Å². The van der Waals surface area contributed by atoms with Gasteiger partial charge in [-0.15, -0.1) is 0 Å². The molecule has 2 N–H and O–H groups in total. The van der Waals surface area contributed by atoms with Crippen molar-refractivity contribution in [1.82, 2.24) is 0 Å². The molecular formula is C38H36O8. The van der Waals surface area contributed by atoms with Crippen molar-refractivity contribution >= 4 is 25.1 Å². The SMILES string of the molecule is CC(C)Oc1c2cc(C=O)cc1Cc1cc(C=O)cc(c1O)Cc1cc(C=O)cc(c1OC(C)C)Cc1cc(C=O)cc(c1O)C2. The molecule has 8 heteroatoms. The average molecular weight is 621 g/mol. The topological polar surface area (TPSA) is 127 Å². The van der Waals surface area contributed by atoms with Gasteiger partial charge in [-0.2, -0.15) is 0 Å². The average Bonchev–Trinajstić information content (AvgIpc) is 3.02. The third kappa shape index (κ3) is 6.71. The smallest absolute Gasteiger partial charge is 0.150 e. The minimum absolute atomic E-state index is 0.0294. The molecular weight excluding hydrogens is 584 g/mol. The first-order chi connectivity index (χ1) is 22.0. The minimum atomic E-state index is -0.252. The van der Waals surface area contributed by atoms with E-state index in [9.17, 15) is 29.4 Å². The third-order valence-corrected chi connectivity index (χ3v) is 7.89. The van der Waals surface area contributed by atoms with Gasteiger partial charge in [-0.25, -0.2) is 0 Å². The number of fused-ring (bicyclic) bond motifs is 8. The lowest BCUT2D eigenvalue weighted by molar-refractivity contribution is 0.111. The van der Waals surface area contributed by atoms with Crippen LogP contribution in [0.1, 0.15) is 114 Å². The summed E-state index contributed by atoms with van der Waals surface area (Å²) < 4.78 is 12.6. The van der Waals surface area contributed by atoms with Gasteiger partial charge < -0.3 is 19.7 Å². The Labute approximate surface area is 267 Å². The van der Waals surface area contributed by atoms with Crippen LogP contribution in [0.15, 0.2) is 48.5 Å². The lowest BCUT2D eigenvalue weighted by Crippen LogP contribution is -2.13. The minimum Gasteiger partial charge on any atom is -0.507 e. The van der Waals surface area contributed by atoms with E-state index in [4.69, 9.17) is 9.47 Å². The number of benzene rings is 4. The molecule has 1 aliphatic rings. The van der Waals surface area contributed by atoms with E-state index < -0.39 is 0 Å². The number of aromatic hydroxyl groups is 2. The van der Waals surface area contributed by atoms with Crippen LogP contribution in [0, 0.1) is 0 Å². The van der Waals surface area contributed by atoms with Gasteiger partial charge in [0.25, 0.3) is 0 Å². The largest absolute Gasteiger partial charge is 0.507 e. The summed E-state index contributed by atoms with van der Waals surface area (Å²) in [6.07, 6.45) is 2.85. The number of phenolic OH excluding ortho intramolecular Hbond substituents is 2. The highest BCUT2D eigenvalue weighted by atomic mass is 16.5. The van der Waals surface area contributed by atoms with E-state index in [0.717, 1.165) is 12.6 Å². The Bertz CT molecular complexity index is 1620. The van der Waals surface area contributed by atoms with Crippen LogP contribution in [0.5, 0.6) is 23.0 Å². The zero-order chi connectivity index (χ0) is 33.1. The van der Waals surface area contributed by atoms with Crippen molar-refractivity contribution in [1.29, 1.82) is 0 Å². The van der Waals surface area contributed by atoms with Gasteiger partial charge in [0.1, 0.15) is 48.1 Å². The second-order valence-electron chi connectivity index (χ2n) is 12.2. The summed E-state index contributed by atoms with van der Waals surface area (Å²) in [5, 5.41) is 23.3. The molecule has 0 saturated heterocycles. The van der Waals surface area contributed by atoms with Gasteiger partial charge in [-0.3, -0.25) is 19.2 Å². The van der Waals surface area contributed by atoms with E-state index in [1.165, 1.54) is 0 Å². The van der Waals surface area contributed by atoms with Gasteiger partial charge in [0, 0.05) is 47.9 Å². The van der Waals surface area contributed by atoms with Crippen molar-refractivity contribution < 1.29 is 38.9 Å². The molecule has 0 amide bonds. The monoisotopic (exact) mass is 620 g/mol. The second-order valence-corrected chi connectivity index (χ2v) is 12.2. The molecule has 8 bridgehead atoms. The summed E-state index contributed by atoms with van der Waals surface area (Å²) in [5.74, 6) is 0.906. The van der Waals surface area contributed by atoms with Crippen LogP contribution in [0.4, 0.5) is 0 Å². The number of aldehydes is 4. The summed E-state index contributed by atoms with van der Waals surface area (Å²) >= 11 is 0. The van der Waals surface area contributed by atoms with E-state index >= 15 is 0 Å². The lowest BCUT2D eigenvalue weighted by atomic mass is 9.88. The number of carbonyl (C=O) groups is 4. The Balaban J connectivity index is 1.88. The van der Waals surface area contributed by atoms with Crippen molar-refractivity contribution in [2.75, 3.05) is 0 Å². The fraction of sp³-hybridized carbons (Fsp3) is 0.263. The van der Waals surface area contributed by atoms with E-state index in [0.29, 0.717) is 90.8 Å². The van der Waals surface area contributed by atoms with E-state index in [1.807, 2.05) is 27.7 Å². The lowest BCUT2D eigenvalue weighted by Gasteiger charge is -2.23. The molecule has 236 valence electrons. The molecule has 46 heavy (non-hydrogen) atoms. The van der Waals surface area contributed by atoms with Crippen molar-refractivity contribution in [3.05, 3.63) is 115 Å². The zero-order valence-corrected chi connectivity index (χ0v) is 26.3. The number of carbonyl (C=O) groups excluding carboxylic acids is 4. The summed E-state index contributed by atoms with van der Waals surface area (Å²) in [4.78, 5) is 48.4. The maximum absolute atomic E-state index is 12.1. The molecule has 8 nitrogen and oxygen atoms in total. The number of hydrogen-bond acceptors (Lipinski definition) is 8. The normalized spacial score (nSPS) is 12.5. The standard InChI is InChI=1S/C38H36O8/c1-21(2)45-37-31-9-25(19-41)10-32(37)14-28-6-24(18-40)8-30(36(28)44)16-34-12-26(20-42)11-33(38(34)46-22(3)4)15-29-7-23(17-39)5-27(13-31)35(29)43/h5-12,17-22,43-44H,13-16H2,1-4H3. The molecule has 0 atom stereocenters. The van der Waals surface area contributed by atoms with Gasteiger partial charge >= 0.3 is 0 Å². The van der Waals surface area contributed by atoms with Crippen LogP contribution >= 0.6 is 0 Å². The predicted molar refractivity (Wildman–Crippen MR) is 173 cm³/mol. The van der Waals surface area contributed by atoms with Gasteiger partial charge in [0.2, 0.25) is 0 Å². The Kier molecular flexibility index (Phi) is 9.37. The molecule has 4 aromatic rings. The predicted octanol–water partition coefficient (Wildman–Crippen LogP) is 6.60. The first-order valence-electron chi connectivity index (χ1n) is 15.2. The molecule has 5 rings (SSSR count). The van der Waals surface area contributed by atoms with Crippen molar-refractivity contribution in [2.45, 2.75) is 65.6 Å². The van der Waals surface area contributed by atoms with Crippen LogP contribution in [-0.4, -0.2) is 47.6 Å². The van der Waals surface area contributed by atoms with Crippen LogP contribution in [0.2, 0.25) is 0 Å². The van der Waals surface area contributed by atoms with Crippen molar-refractivity contribution in [3.63, 3.8) is 0 Å². The van der Waals surface area contributed by atoms with Crippen molar-refractivity contribution in [3.8, 4) is 23.0 Å². The molecule has 1 aliphatic carbocycles. The van der Waals surface area contributed by atoms with E-state index in [2.05, 4.69) is 0 Å². The number of hydrogen-bond donors (Lipinski definition) is 2. The molecule has 0 heterocycles. The Morgan fingerprint density at radius 2 is 0.674 bits per heavy atom. The Morgan fingerprint density at radius 1 is 0.457 bits per heavy atom. The Morgan fingerprint density at radius 3 is 0.870 bits per heavy atom. The van der Waals surface area contributed by atoms with Gasteiger partial charge in [-0.1, -0.05) is 0 Å². The molecule has 0 aliphatic heterocycles. The summed E-state index contributed by atoms with van der Waals surface area (Å²) in [6.45, 7) is 7.49. The molecule has 0 fully saturated rings. The summed E-state index contributed by atoms with van der Waals surface area (Å²) in [7, 11) is 0. The van der Waals surface area contributed by atoms with E-state index in [-0.39, 0.29) is 49.4 Å².